The first-order valence-corrected chi connectivity index (χ1v) is 9.68. The summed E-state index contributed by atoms with van der Waals surface area (Å²) in [5.74, 6) is 1.06. The van der Waals surface area contributed by atoms with Crippen molar-refractivity contribution in [2.24, 2.45) is 0 Å². The molecule has 2 heterocycles. The first-order chi connectivity index (χ1) is 11.8. The van der Waals surface area contributed by atoms with Crippen LogP contribution in [0.25, 0.3) is 16.3 Å². The minimum absolute atomic E-state index is 0.0178. The highest BCUT2D eigenvalue weighted by Gasteiger charge is 2.19. The smallest absolute Gasteiger partial charge is 0.251 e. The Kier molecular flexibility index (Phi) is 4.36. The average Bonchev–Trinajstić information content (AvgIpc) is 2.91. The molecule has 0 spiro atoms. The molecule has 24 heavy (non-hydrogen) atoms. The molecule has 0 saturated carbocycles. The number of benzene rings is 2. The fraction of sp³-hybridized carbons (Fsp3) is 0.158. The number of aromatic nitrogens is 1. The van der Waals surface area contributed by atoms with E-state index in [1.807, 2.05) is 59.1 Å². The van der Waals surface area contributed by atoms with Gasteiger partial charge in [0.1, 0.15) is 5.01 Å². The molecule has 0 bridgehead atoms. The van der Waals surface area contributed by atoms with E-state index in [1.54, 1.807) is 17.4 Å². The Morgan fingerprint density at radius 1 is 1.12 bits per heavy atom. The summed E-state index contributed by atoms with van der Waals surface area (Å²) in [6.45, 7) is 0.757. The van der Waals surface area contributed by atoms with Gasteiger partial charge in [-0.15, -0.1) is 23.1 Å². The molecule has 1 amide bonds. The van der Waals surface area contributed by atoms with Crippen molar-refractivity contribution in [2.75, 3.05) is 17.2 Å². The van der Waals surface area contributed by atoms with E-state index in [0.717, 1.165) is 39.6 Å². The predicted molar refractivity (Wildman–Crippen MR) is 103 cm³/mol. The summed E-state index contributed by atoms with van der Waals surface area (Å²) in [7, 11) is 0. The fourth-order valence-corrected chi connectivity index (χ4v) is 4.61. The largest absolute Gasteiger partial charge is 0.308 e. The lowest BCUT2D eigenvalue weighted by Gasteiger charge is -2.20. The zero-order valence-corrected chi connectivity index (χ0v) is 14.6. The van der Waals surface area contributed by atoms with Crippen LogP contribution in [0.5, 0.6) is 0 Å². The standard InChI is InChI=1S/C19H16N2OS2/c22-19(11-10-18-20-14-6-1-3-8-16(14)24-18)21-12-5-13-23-17-9-4-2-7-15(17)21/h1-4,6-11H,5,12-13H2. The molecular weight excluding hydrogens is 336 g/mol. The van der Waals surface area contributed by atoms with Gasteiger partial charge in [-0.1, -0.05) is 24.3 Å². The second-order valence-electron chi connectivity index (χ2n) is 5.51. The fourth-order valence-electron chi connectivity index (χ4n) is 2.75. The van der Waals surface area contributed by atoms with E-state index in [0.29, 0.717) is 0 Å². The highest BCUT2D eigenvalue weighted by molar-refractivity contribution is 7.99. The van der Waals surface area contributed by atoms with Crippen molar-refractivity contribution in [3.8, 4) is 0 Å². The van der Waals surface area contributed by atoms with Gasteiger partial charge in [-0.3, -0.25) is 4.79 Å². The van der Waals surface area contributed by atoms with E-state index in [4.69, 9.17) is 0 Å². The normalized spacial score (nSPS) is 14.8. The van der Waals surface area contributed by atoms with E-state index in [9.17, 15) is 4.79 Å². The third-order valence-corrected chi connectivity index (χ3v) is 6.04. The molecule has 0 fully saturated rings. The number of para-hydroxylation sites is 2. The van der Waals surface area contributed by atoms with Crippen LogP contribution in [-0.4, -0.2) is 23.2 Å². The molecule has 0 unspecified atom stereocenters. The maximum Gasteiger partial charge on any atom is 0.251 e. The van der Waals surface area contributed by atoms with Crippen LogP contribution in [0, 0.1) is 0 Å². The van der Waals surface area contributed by atoms with Crippen molar-refractivity contribution in [1.82, 2.24) is 4.98 Å². The number of thioether (sulfide) groups is 1. The van der Waals surface area contributed by atoms with Crippen LogP contribution in [0.3, 0.4) is 0 Å². The van der Waals surface area contributed by atoms with E-state index >= 15 is 0 Å². The number of hydrogen-bond donors (Lipinski definition) is 0. The average molecular weight is 352 g/mol. The minimum Gasteiger partial charge on any atom is -0.308 e. The van der Waals surface area contributed by atoms with Crippen molar-refractivity contribution in [2.45, 2.75) is 11.3 Å². The zero-order chi connectivity index (χ0) is 16.4. The van der Waals surface area contributed by atoms with Crippen LogP contribution in [0.4, 0.5) is 5.69 Å². The van der Waals surface area contributed by atoms with Gasteiger partial charge < -0.3 is 4.90 Å². The Labute approximate surface area is 149 Å². The number of fused-ring (bicyclic) bond motifs is 2. The molecule has 1 aliphatic rings. The molecule has 0 radical (unpaired) electrons. The molecule has 1 aliphatic heterocycles. The maximum atomic E-state index is 12.7. The number of carbonyl (C=O) groups is 1. The number of hydrogen-bond acceptors (Lipinski definition) is 4. The van der Waals surface area contributed by atoms with Crippen LogP contribution in [-0.2, 0) is 4.79 Å². The molecular formula is C19H16N2OS2. The molecule has 0 atom stereocenters. The Morgan fingerprint density at radius 3 is 2.88 bits per heavy atom. The summed E-state index contributed by atoms with van der Waals surface area (Å²) < 4.78 is 1.14. The topological polar surface area (TPSA) is 33.2 Å². The zero-order valence-electron chi connectivity index (χ0n) is 13.0. The molecule has 120 valence electrons. The van der Waals surface area contributed by atoms with Gasteiger partial charge in [0.2, 0.25) is 0 Å². The summed E-state index contributed by atoms with van der Waals surface area (Å²) >= 11 is 3.42. The number of carbonyl (C=O) groups excluding carboxylic acids is 1. The van der Waals surface area contributed by atoms with Gasteiger partial charge in [0.25, 0.3) is 5.91 Å². The second kappa shape index (κ2) is 6.79. The van der Waals surface area contributed by atoms with Crippen molar-refractivity contribution in [3.05, 3.63) is 59.6 Å². The lowest BCUT2D eigenvalue weighted by atomic mass is 10.2. The van der Waals surface area contributed by atoms with Gasteiger partial charge in [-0.05, 0) is 42.5 Å². The maximum absolute atomic E-state index is 12.7. The summed E-state index contributed by atoms with van der Waals surface area (Å²) in [6, 6.07) is 16.2. The van der Waals surface area contributed by atoms with Gasteiger partial charge in [-0.25, -0.2) is 4.98 Å². The summed E-state index contributed by atoms with van der Waals surface area (Å²) in [4.78, 5) is 20.3. The first kappa shape index (κ1) is 15.4. The number of nitrogens with zero attached hydrogens (tertiary/aromatic N) is 2. The van der Waals surface area contributed by atoms with Crippen LogP contribution < -0.4 is 4.90 Å². The monoisotopic (exact) mass is 352 g/mol. The predicted octanol–water partition coefficient (Wildman–Crippen LogP) is 4.84. The van der Waals surface area contributed by atoms with Gasteiger partial charge >= 0.3 is 0 Å². The molecule has 0 N–H and O–H groups in total. The first-order valence-electron chi connectivity index (χ1n) is 7.88. The van der Waals surface area contributed by atoms with Gasteiger partial charge in [0, 0.05) is 17.5 Å². The third kappa shape index (κ3) is 3.09. The van der Waals surface area contributed by atoms with Crippen LogP contribution in [0.2, 0.25) is 0 Å². The highest BCUT2D eigenvalue weighted by atomic mass is 32.2. The lowest BCUT2D eigenvalue weighted by molar-refractivity contribution is -0.114. The Morgan fingerprint density at radius 2 is 1.96 bits per heavy atom. The van der Waals surface area contributed by atoms with E-state index in [1.165, 1.54) is 4.90 Å². The van der Waals surface area contributed by atoms with E-state index < -0.39 is 0 Å². The summed E-state index contributed by atoms with van der Waals surface area (Å²) in [6.07, 6.45) is 4.47. The minimum atomic E-state index is 0.0178. The highest BCUT2D eigenvalue weighted by Crippen LogP contribution is 2.33. The molecule has 0 aliphatic carbocycles. The van der Waals surface area contributed by atoms with Gasteiger partial charge in [0.05, 0.1) is 15.9 Å². The molecule has 1 aromatic heterocycles. The van der Waals surface area contributed by atoms with Crippen molar-refractivity contribution in [1.29, 1.82) is 0 Å². The Hall–Kier alpha value is -2.11. The van der Waals surface area contributed by atoms with Gasteiger partial charge in [-0.2, -0.15) is 0 Å². The van der Waals surface area contributed by atoms with E-state index in [2.05, 4.69) is 17.1 Å². The van der Waals surface area contributed by atoms with E-state index in [-0.39, 0.29) is 5.91 Å². The summed E-state index contributed by atoms with van der Waals surface area (Å²) in [5.41, 5.74) is 1.99. The van der Waals surface area contributed by atoms with Crippen LogP contribution in [0.1, 0.15) is 11.4 Å². The second-order valence-corrected chi connectivity index (χ2v) is 7.71. The van der Waals surface area contributed by atoms with Crippen molar-refractivity contribution >= 4 is 51.0 Å². The number of amides is 1. The molecule has 3 nitrogen and oxygen atoms in total. The number of rotatable bonds is 2. The van der Waals surface area contributed by atoms with Crippen LogP contribution >= 0.6 is 23.1 Å². The SMILES string of the molecule is O=C(C=Cc1nc2ccccc2s1)N1CCCSc2ccccc21. The third-order valence-electron chi connectivity index (χ3n) is 3.88. The molecule has 5 heteroatoms. The molecule has 2 aromatic carbocycles. The van der Waals surface area contributed by atoms with Crippen LogP contribution in [0.15, 0.2) is 59.5 Å². The lowest BCUT2D eigenvalue weighted by Crippen LogP contribution is -2.30. The number of thiazole rings is 1. The summed E-state index contributed by atoms with van der Waals surface area (Å²) in [5, 5.41) is 0.863. The number of anilines is 1. The van der Waals surface area contributed by atoms with Crippen molar-refractivity contribution in [3.63, 3.8) is 0 Å². The Bertz CT molecular complexity index is 883. The van der Waals surface area contributed by atoms with Crippen molar-refractivity contribution < 1.29 is 4.79 Å². The van der Waals surface area contributed by atoms with Gasteiger partial charge in [0.15, 0.2) is 0 Å². The Balaban J connectivity index is 1.59. The molecule has 4 rings (SSSR count). The quantitative estimate of drug-likeness (QED) is 0.619. The molecule has 0 saturated heterocycles. The molecule has 3 aromatic rings.